The molecule has 2 aromatic rings. The molecule has 0 spiro atoms. The summed E-state index contributed by atoms with van der Waals surface area (Å²) >= 11 is 6.18. The molecular weight excluding hydrogens is 470 g/mol. The third-order valence-electron chi connectivity index (χ3n) is 5.55. The zero-order valence-corrected chi connectivity index (χ0v) is 20.4. The minimum atomic E-state index is -1.14. The normalized spacial score (nSPS) is 12.6. The number of ketones is 1. The van der Waals surface area contributed by atoms with Crippen LogP contribution in [0.4, 0.5) is 0 Å². The maximum absolute atomic E-state index is 13.2. The minimum Gasteiger partial charge on any atom is -0.508 e. The maximum atomic E-state index is 13.2. The zero-order chi connectivity index (χ0) is 25.8. The summed E-state index contributed by atoms with van der Waals surface area (Å²) in [5.41, 5.74) is 18.6. The number of Topliss-reactive ketones (excluding diaryl/α,β-unsaturated/α-hetero) is 1. The first kappa shape index (κ1) is 28.3. The maximum Gasteiger partial charge on any atom is 0.238 e. The second-order valence-electron chi connectivity index (χ2n) is 8.27. The Labute approximate surface area is 210 Å². The molecule has 0 bridgehead atoms. The third kappa shape index (κ3) is 9.29. The zero-order valence-electron chi connectivity index (χ0n) is 19.7. The van der Waals surface area contributed by atoms with Crippen molar-refractivity contribution < 1.29 is 19.5 Å². The monoisotopic (exact) mass is 503 g/mol. The van der Waals surface area contributed by atoms with Gasteiger partial charge < -0.3 is 32.5 Å². The molecule has 190 valence electrons. The number of halogens is 1. The molecule has 2 rings (SSSR count). The van der Waals surface area contributed by atoms with Crippen molar-refractivity contribution in [3.05, 3.63) is 64.7 Å². The Bertz CT molecular complexity index is 983. The molecule has 0 fully saturated rings. The largest absolute Gasteiger partial charge is 0.508 e. The molecule has 0 aliphatic heterocycles. The Balaban J connectivity index is 2.11. The van der Waals surface area contributed by atoms with Crippen LogP contribution in [0, 0.1) is 0 Å². The number of carbonyl (C=O) groups is 3. The van der Waals surface area contributed by atoms with Gasteiger partial charge in [0.2, 0.25) is 11.8 Å². The second kappa shape index (κ2) is 14.4. The number of phenols is 1. The van der Waals surface area contributed by atoms with Crippen LogP contribution in [0.2, 0.25) is 5.02 Å². The van der Waals surface area contributed by atoms with E-state index in [1.807, 2.05) is 30.3 Å². The lowest BCUT2D eigenvalue weighted by Gasteiger charge is -2.24. The van der Waals surface area contributed by atoms with Gasteiger partial charge in [-0.15, -0.1) is 0 Å². The number of aryl methyl sites for hydroxylation is 1. The molecule has 0 unspecified atom stereocenters. The lowest BCUT2D eigenvalue weighted by atomic mass is 9.97. The van der Waals surface area contributed by atoms with Crippen LogP contribution in [0.15, 0.2) is 48.5 Å². The highest BCUT2D eigenvalue weighted by Crippen LogP contribution is 2.22. The summed E-state index contributed by atoms with van der Waals surface area (Å²) in [6.45, 7) is 1.15. The number of hydrogen-bond donors (Lipinski definition) is 5. The molecule has 0 heterocycles. The van der Waals surface area contributed by atoms with Crippen LogP contribution in [-0.4, -0.2) is 65.9 Å². The highest BCUT2D eigenvalue weighted by atomic mass is 35.5. The van der Waals surface area contributed by atoms with Gasteiger partial charge in [-0.2, -0.15) is 0 Å². The van der Waals surface area contributed by atoms with Crippen LogP contribution >= 0.6 is 11.6 Å². The number of hydrogen-bond acceptors (Lipinski definition) is 7. The van der Waals surface area contributed by atoms with E-state index in [4.69, 9.17) is 28.8 Å². The van der Waals surface area contributed by atoms with E-state index in [1.54, 1.807) is 0 Å². The number of aromatic hydroxyl groups is 1. The van der Waals surface area contributed by atoms with E-state index in [0.29, 0.717) is 36.5 Å². The van der Waals surface area contributed by atoms with Gasteiger partial charge in [0, 0.05) is 37.6 Å². The molecular formula is C25H34ClN5O4. The molecule has 0 saturated carbocycles. The number of benzene rings is 2. The molecule has 0 radical (unpaired) electrons. The molecule has 0 aliphatic carbocycles. The Morgan fingerprint density at radius 3 is 2.31 bits per heavy atom. The van der Waals surface area contributed by atoms with E-state index in [0.717, 1.165) is 5.56 Å². The van der Waals surface area contributed by atoms with Crippen LogP contribution < -0.4 is 22.5 Å². The predicted octanol–water partition coefficient (Wildman–Crippen LogP) is 0.738. The van der Waals surface area contributed by atoms with Crippen molar-refractivity contribution in [1.82, 2.24) is 10.2 Å². The van der Waals surface area contributed by atoms with Crippen molar-refractivity contribution in [2.45, 2.75) is 37.8 Å². The van der Waals surface area contributed by atoms with E-state index in [1.165, 1.54) is 23.1 Å². The Hall–Kier alpha value is -2.98. The Morgan fingerprint density at radius 2 is 1.69 bits per heavy atom. The van der Waals surface area contributed by atoms with Gasteiger partial charge in [0.15, 0.2) is 5.78 Å². The van der Waals surface area contributed by atoms with E-state index in [-0.39, 0.29) is 43.4 Å². The third-order valence-corrected chi connectivity index (χ3v) is 5.91. The Morgan fingerprint density at radius 1 is 1.03 bits per heavy atom. The fourth-order valence-electron chi connectivity index (χ4n) is 3.64. The minimum absolute atomic E-state index is 0.0119. The quantitative estimate of drug-likeness (QED) is 0.253. The molecule has 0 aliphatic rings. The van der Waals surface area contributed by atoms with Crippen molar-refractivity contribution in [2.24, 2.45) is 17.2 Å². The van der Waals surface area contributed by atoms with Crippen LogP contribution in [0.3, 0.4) is 0 Å². The number of carbonyl (C=O) groups excluding carboxylic acids is 3. The lowest BCUT2D eigenvalue weighted by molar-refractivity contribution is -0.134. The molecule has 9 nitrogen and oxygen atoms in total. The first-order valence-corrected chi connectivity index (χ1v) is 11.9. The number of phenolic OH excluding ortho intramolecular Hbond substituents is 1. The first-order valence-electron chi connectivity index (χ1n) is 11.5. The lowest BCUT2D eigenvalue weighted by Crippen LogP contribution is -2.51. The summed E-state index contributed by atoms with van der Waals surface area (Å²) in [5.74, 6) is -1.23. The van der Waals surface area contributed by atoms with Crippen LogP contribution in [0.5, 0.6) is 5.75 Å². The highest BCUT2D eigenvalue weighted by Gasteiger charge is 2.27. The molecule has 0 aromatic heterocycles. The molecule has 2 amide bonds. The van der Waals surface area contributed by atoms with E-state index < -0.39 is 18.0 Å². The predicted molar refractivity (Wildman–Crippen MR) is 136 cm³/mol. The molecule has 2 atom stereocenters. The van der Waals surface area contributed by atoms with E-state index in [2.05, 4.69) is 5.32 Å². The van der Waals surface area contributed by atoms with Crippen LogP contribution in [-0.2, 0) is 27.2 Å². The van der Waals surface area contributed by atoms with Crippen molar-refractivity contribution in [3.8, 4) is 5.75 Å². The smallest absolute Gasteiger partial charge is 0.238 e. The standard InChI is InChI=1S/C25H34ClN5O4/c26-20-8-7-19(32)14-18(20)15-23(33)22(9-6-17-4-2-1-3-5-17)30-25(35)21(29)16-24(34)31(12-10-27)13-11-28/h1-5,7-8,14,21-22,32H,6,9-13,15-16,27-29H2,(H,30,35)/t21-,22-/m0/s1. The second-order valence-corrected chi connectivity index (χ2v) is 8.68. The number of nitrogens with zero attached hydrogens (tertiary/aromatic N) is 1. The number of amides is 2. The average Bonchev–Trinajstić information content (AvgIpc) is 2.84. The van der Waals surface area contributed by atoms with Gasteiger partial charge in [0.05, 0.1) is 18.5 Å². The van der Waals surface area contributed by atoms with Gasteiger partial charge >= 0.3 is 0 Å². The first-order chi connectivity index (χ1) is 16.7. The Kier molecular flexibility index (Phi) is 11.6. The van der Waals surface area contributed by atoms with Crippen LogP contribution in [0.1, 0.15) is 24.0 Å². The van der Waals surface area contributed by atoms with Gasteiger partial charge in [-0.1, -0.05) is 41.9 Å². The van der Waals surface area contributed by atoms with Gasteiger partial charge in [-0.3, -0.25) is 14.4 Å². The van der Waals surface area contributed by atoms with E-state index >= 15 is 0 Å². The fraction of sp³-hybridized carbons (Fsp3) is 0.400. The number of nitrogens with two attached hydrogens (primary N) is 3. The molecule has 8 N–H and O–H groups in total. The summed E-state index contributed by atoms with van der Waals surface area (Å²) in [6, 6.07) is 11.9. The average molecular weight is 504 g/mol. The molecule has 0 saturated heterocycles. The highest BCUT2D eigenvalue weighted by molar-refractivity contribution is 6.31. The summed E-state index contributed by atoms with van der Waals surface area (Å²) in [6.07, 6.45) is 0.560. The van der Waals surface area contributed by atoms with E-state index in [9.17, 15) is 19.5 Å². The van der Waals surface area contributed by atoms with Crippen molar-refractivity contribution in [1.29, 1.82) is 0 Å². The SMILES string of the molecule is NCCN(CCN)C(=O)C[C@H](N)C(=O)N[C@@H](CCc1ccccc1)C(=O)Cc1cc(O)ccc1Cl. The topological polar surface area (TPSA) is 165 Å². The van der Waals surface area contributed by atoms with Gasteiger partial charge in [-0.05, 0) is 42.2 Å². The summed E-state index contributed by atoms with van der Waals surface area (Å²) < 4.78 is 0. The van der Waals surface area contributed by atoms with Gasteiger partial charge in [0.25, 0.3) is 0 Å². The van der Waals surface area contributed by atoms with Gasteiger partial charge in [-0.25, -0.2) is 0 Å². The van der Waals surface area contributed by atoms with Crippen molar-refractivity contribution >= 4 is 29.2 Å². The molecule has 2 aromatic carbocycles. The van der Waals surface area contributed by atoms with Crippen molar-refractivity contribution in [3.63, 3.8) is 0 Å². The number of rotatable bonds is 14. The summed E-state index contributed by atoms with van der Waals surface area (Å²) in [5, 5.41) is 12.8. The molecule has 35 heavy (non-hydrogen) atoms. The van der Waals surface area contributed by atoms with Gasteiger partial charge in [0.1, 0.15) is 5.75 Å². The van der Waals surface area contributed by atoms with Crippen molar-refractivity contribution in [2.75, 3.05) is 26.2 Å². The summed E-state index contributed by atoms with van der Waals surface area (Å²) in [4.78, 5) is 40.0. The number of nitrogens with one attached hydrogen (secondary N) is 1. The fourth-order valence-corrected chi connectivity index (χ4v) is 3.82. The molecule has 10 heteroatoms. The van der Waals surface area contributed by atoms with Crippen LogP contribution in [0.25, 0.3) is 0 Å². The summed E-state index contributed by atoms with van der Waals surface area (Å²) in [7, 11) is 0.